The van der Waals surface area contributed by atoms with Crippen molar-refractivity contribution in [2.75, 3.05) is 13.7 Å². The lowest BCUT2D eigenvalue weighted by Gasteiger charge is -2.09. The average Bonchev–Trinajstić information content (AvgIpc) is 3.40. The Labute approximate surface area is 173 Å². The number of aliphatic imine (C=N–C) groups is 1. The van der Waals surface area contributed by atoms with Gasteiger partial charge in [0.15, 0.2) is 11.6 Å². The molecule has 9 heteroatoms. The molecule has 2 aliphatic heterocycles. The molecule has 0 unspecified atom stereocenters. The van der Waals surface area contributed by atoms with Crippen molar-refractivity contribution in [2.45, 2.75) is 33.0 Å². The van der Waals surface area contributed by atoms with Crippen LogP contribution in [0, 0.1) is 5.92 Å². The highest BCUT2D eigenvalue weighted by Gasteiger charge is 2.31. The number of ether oxygens (including phenoxy) is 2. The number of methoxy groups -OCH3 is 1. The van der Waals surface area contributed by atoms with Gasteiger partial charge in [-0.3, -0.25) is 4.57 Å². The molecule has 0 bridgehead atoms. The maximum Gasteiger partial charge on any atom is 0.237 e. The van der Waals surface area contributed by atoms with Crippen LogP contribution in [0.2, 0.25) is 5.02 Å². The molecule has 0 N–H and O–H groups in total. The number of nitrogens with zero attached hydrogens (tertiary/aromatic N) is 6. The highest BCUT2D eigenvalue weighted by molar-refractivity contribution is 6.31. The zero-order valence-electron chi connectivity index (χ0n) is 16.5. The predicted octanol–water partition coefficient (Wildman–Crippen LogP) is 3.09. The van der Waals surface area contributed by atoms with Gasteiger partial charge < -0.3 is 14.0 Å². The second-order valence-corrected chi connectivity index (χ2v) is 8.02. The second kappa shape index (κ2) is 6.96. The highest BCUT2D eigenvalue weighted by atomic mass is 35.5. The number of rotatable bonds is 4. The fourth-order valence-electron chi connectivity index (χ4n) is 3.76. The van der Waals surface area contributed by atoms with Crippen molar-refractivity contribution >= 4 is 17.5 Å². The van der Waals surface area contributed by atoms with Crippen LogP contribution in [0.5, 0.6) is 0 Å². The first-order valence-electron chi connectivity index (χ1n) is 9.55. The van der Waals surface area contributed by atoms with Crippen molar-refractivity contribution < 1.29 is 9.47 Å². The zero-order chi connectivity index (χ0) is 20.1. The number of halogens is 1. The summed E-state index contributed by atoms with van der Waals surface area (Å²) in [7, 11) is 1.64. The normalized spacial score (nSPS) is 17.4. The Hall–Kier alpha value is -2.71. The van der Waals surface area contributed by atoms with Crippen molar-refractivity contribution in [3.8, 4) is 17.1 Å². The molecular weight excluding hydrogens is 392 g/mol. The van der Waals surface area contributed by atoms with E-state index in [2.05, 4.69) is 33.6 Å². The van der Waals surface area contributed by atoms with E-state index in [9.17, 15) is 0 Å². The van der Waals surface area contributed by atoms with Gasteiger partial charge in [0.05, 0.1) is 24.0 Å². The third-order valence-corrected chi connectivity index (χ3v) is 5.62. The van der Waals surface area contributed by atoms with E-state index in [4.69, 9.17) is 26.1 Å². The lowest BCUT2D eigenvalue weighted by atomic mass is 10.1. The number of aromatic nitrogens is 5. The number of fused-ring (bicyclic) bond motifs is 5. The van der Waals surface area contributed by atoms with Gasteiger partial charge in [0.1, 0.15) is 25.2 Å². The Balaban J connectivity index is 1.70. The van der Waals surface area contributed by atoms with E-state index in [0.717, 1.165) is 34.3 Å². The number of benzene rings is 1. The van der Waals surface area contributed by atoms with Gasteiger partial charge in [-0.1, -0.05) is 25.4 Å². The minimum absolute atomic E-state index is 0.147. The van der Waals surface area contributed by atoms with Crippen molar-refractivity contribution in [3.05, 3.63) is 46.8 Å². The smallest absolute Gasteiger partial charge is 0.237 e. The highest BCUT2D eigenvalue weighted by Crippen LogP contribution is 2.34. The summed E-state index contributed by atoms with van der Waals surface area (Å²) in [5, 5.41) is 9.39. The molecule has 5 rings (SSSR count). The lowest BCUT2D eigenvalue weighted by molar-refractivity contribution is 0.174. The summed E-state index contributed by atoms with van der Waals surface area (Å²) >= 11 is 6.30. The fraction of sp³-hybridized carbons (Fsp3) is 0.400. The Morgan fingerprint density at radius 3 is 2.93 bits per heavy atom. The summed E-state index contributed by atoms with van der Waals surface area (Å²) in [6, 6.07) is 5.89. The molecule has 150 valence electrons. The molecule has 0 spiro atoms. The average molecular weight is 413 g/mol. The van der Waals surface area contributed by atoms with E-state index in [1.54, 1.807) is 7.11 Å². The van der Waals surface area contributed by atoms with Crippen molar-refractivity contribution in [1.82, 2.24) is 24.3 Å². The van der Waals surface area contributed by atoms with Gasteiger partial charge in [-0.05, 0) is 24.1 Å². The van der Waals surface area contributed by atoms with Gasteiger partial charge in [-0.15, -0.1) is 10.2 Å². The quantitative estimate of drug-likeness (QED) is 0.514. The first-order chi connectivity index (χ1) is 14.1. The minimum Gasteiger partial charge on any atom is -0.474 e. The van der Waals surface area contributed by atoms with E-state index < -0.39 is 0 Å². The first kappa shape index (κ1) is 18.3. The van der Waals surface area contributed by atoms with Crippen LogP contribution in [0.15, 0.2) is 29.5 Å². The predicted molar refractivity (Wildman–Crippen MR) is 109 cm³/mol. The monoisotopic (exact) mass is 412 g/mol. The lowest BCUT2D eigenvalue weighted by Crippen LogP contribution is -2.13. The SMILES string of the molecule is COCc1nnc2n1Cc1c(C3=N[C@@H](C(C)C)CO3)ncn1-c1ccc(Cl)cc1-2. The molecule has 0 saturated carbocycles. The number of hydrogen-bond acceptors (Lipinski definition) is 6. The van der Waals surface area contributed by atoms with Gasteiger partial charge in [0, 0.05) is 17.7 Å². The maximum absolute atomic E-state index is 6.30. The summed E-state index contributed by atoms with van der Waals surface area (Å²) in [5.41, 5.74) is 3.55. The minimum atomic E-state index is 0.147. The molecule has 0 aliphatic carbocycles. The van der Waals surface area contributed by atoms with Crippen LogP contribution < -0.4 is 0 Å². The van der Waals surface area contributed by atoms with Crippen molar-refractivity contribution in [1.29, 1.82) is 0 Å². The van der Waals surface area contributed by atoms with Gasteiger partial charge in [0.2, 0.25) is 5.90 Å². The second-order valence-electron chi connectivity index (χ2n) is 7.59. The van der Waals surface area contributed by atoms with Crippen LogP contribution in [0.1, 0.15) is 31.1 Å². The summed E-state index contributed by atoms with van der Waals surface area (Å²) in [6.07, 6.45) is 1.81. The Kier molecular flexibility index (Phi) is 4.40. The third-order valence-electron chi connectivity index (χ3n) is 5.38. The van der Waals surface area contributed by atoms with Crippen LogP contribution in [-0.4, -0.2) is 50.0 Å². The first-order valence-corrected chi connectivity index (χ1v) is 9.93. The molecule has 29 heavy (non-hydrogen) atoms. The topological polar surface area (TPSA) is 79.3 Å². The van der Waals surface area contributed by atoms with Crippen LogP contribution in [0.3, 0.4) is 0 Å². The molecular formula is C20H21ClN6O2. The van der Waals surface area contributed by atoms with E-state index in [1.165, 1.54) is 0 Å². The summed E-state index contributed by atoms with van der Waals surface area (Å²) in [4.78, 5) is 9.43. The summed E-state index contributed by atoms with van der Waals surface area (Å²) < 4.78 is 15.3. The molecule has 2 aliphatic rings. The third kappa shape index (κ3) is 2.94. The molecule has 8 nitrogen and oxygen atoms in total. The van der Waals surface area contributed by atoms with Crippen molar-refractivity contribution in [2.24, 2.45) is 10.9 Å². The van der Waals surface area contributed by atoms with Crippen LogP contribution in [0.25, 0.3) is 17.1 Å². The zero-order valence-corrected chi connectivity index (χ0v) is 17.2. The molecule has 0 saturated heterocycles. The van der Waals surface area contributed by atoms with E-state index in [0.29, 0.717) is 36.6 Å². The van der Waals surface area contributed by atoms with Gasteiger partial charge >= 0.3 is 0 Å². The van der Waals surface area contributed by atoms with Gasteiger partial charge in [-0.2, -0.15) is 0 Å². The molecule has 0 radical (unpaired) electrons. The Bertz CT molecular complexity index is 1120. The van der Waals surface area contributed by atoms with Crippen LogP contribution in [0.4, 0.5) is 0 Å². The van der Waals surface area contributed by atoms with Crippen molar-refractivity contribution in [3.63, 3.8) is 0 Å². The standard InChI is InChI=1S/C20H21ClN6O2/c1-11(2)14-8-29-20(23-14)18-16-7-26-17(9-28-3)24-25-19(26)13-6-12(21)4-5-15(13)27(16)10-22-18/h4-6,10-11,14H,7-9H2,1-3H3/t14-/m1/s1. The van der Waals surface area contributed by atoms with E-state index >= 15 is 0 Å². The van der Waals surface area contributed by atoms with Crippen LogP contribution in [-0.2, 0) is 22.6 Å². The molecule has 0 fully saturated rings. The largest absolute Gasteiger partial charge is 0.474 e. The summed E-state index contributed by atoms with van der Waals surface area (Å²) in [5.74, 6) is 2.49. The molecule has 4 heterocycles. The Morgan fingerprint density at radius 2 is 2.17 bits per heavy atom. The Morgan fingerprint density at radius 1 is 1.31 bits per heavy atom. The van der Waals surface area contributed by atoms with Gasteiger partial charge in [0.25, 0.3) is 0 Å². The van der Waals surface area contributed by atoms with Crippen LogP contribution >= 0.6 is 11.6 Å². The van der Waals surface area contributed by atoms with Gasteiger partial charge in [-0.25, -0.2) is 9.98 Å². The summed E-state index contributed by atoms with van der Waals surface area (Å²) in [6.45, 7) is 5.76. The maximum atomic E-state index is 6.30. The van der Waals surface area contributed by atoms with E-state index in [1.807, 2.05) is 29.1 Å². The molecule has 1 atom stereocenters. The molecule has 0 amide bonds. The molecule has 2 aromatic heterocycles. The number of imidazole rings is 1. The molecule has 3 aromatic rings. The number of hydrogen-bond donors (Lipinski definition) is 0. The van der Waals surface area contributed by atoms with E-state index in [-0.39, 0.29) is 6.04 Å². The molecule has 1 aromatic carbocycles. The fourth-order valence-corrected chi connectivity index (χ4v) is 3.93.